The van der Waals surface area contributed by atoms with Gasteiger partial charge in [0.25, 0.3) is 0 Å². The van der Waals surface area contributed by atoms with Gasteiger partial charge in [-0.05, 0) is 49.7 Å². The first-order valence-electron chi connectivity index (χ1n) is 8.99. The summed E-state index contributed by atoms with van der Waals surface area (Å²) < 4.78 is 5.81. The number of esters is 1. The molecule has 3 rings (SSSR count). The molecule has 2 unspecified atom stereocenters. The second-order valence-electron chi connectivity index (χ2n) is 7.33. The number of rotatable bonds is 5. The zero-order valence-corrected chi connectivity index (χ0v) is 14.3. The Morgan fingerprint density at radius 2 is 1.88 bits per heavy atom. The normalized spacial score (nSPS) is 26.4. The van der Waals surface area contributed by atoms with Gasteiger partial charge < -0.3 is 9.84 Å². The monoisotopic (exact) mass is 330 g/mol. The summed E-state index contributed by atoms with van der Waals surface area (Å²) in [4.78, 5) is 24.0. The van der Waals surface area contributed by atoms with E-state index in [0.717, 1.165) is 43.2 Å². The Morgan fingerprint density at radius 1 is 1.21 bits per heavy atom. The second kappa shape index (κ2) is 7.06. The molecule has 1 heterocycles. The molecule has 4 nitrogen and oxygen atoms in total. The summed E-state index contributed by atoms with van der Waals surface area (Å²) in [6.45, 7) is 1.75. The van der Waals surface area contributed by atoms with Crippen molar-refractivity contribution in [2.24, 2.45) is 5.92 Å². The average molecular weight is 330 g/mol. The second-order valence-corrected chi connectivity index (χ2v) is 7.33. The van der Waals surface area contributed by atoms with E-state index in [-0.39, 0.29) is 18.2 Å². The molecule has 2 fully saturated rings. The standard InChI is InChI=1S/C20H26O4/c1-14(21)16-8-6-15(7-9-16)10-11-20(17-4-2-3-5-17)13-18(22)12-19(23)24-20/h6-9,14,17,21H,2-5,10-13H2,1H3. The molecule has 0 bridgehead atoms. The Hall–Kier alpha value is -1.68. The highest BCUT2D eigenvalue weighted by atomic mass is 16.6. The predicted octanol–water partition coefficient (Wildman–Crippen LogP) is 3.51. The van der Waals surface area contributed by atoms with Crippen LogP contribution in [0.1, 0.15) is 69.1 Å². The van der Waals surface area contributed by atoms with Crippen molar-refractivity contribution in [3.63, 3.8) is 0 Å². The smallest absolute Gasteiger partial charge is 0.313 e. The van der Waals surface area contributed by atoms with Crippen LogP contribution in [-0.2, 0) is 20.7 Å². The number of ketones is 1. The molecule has 4 heteroatoms. The first-order valence-corrected chi connectivity index (χ1v) is 8.99. The number of cyclic esters (lactones) is 1. The highest BCUT2D eigenvalue weighted by molar-refractivity contribution is 5.98. The summed E-state index contributed by atoms with van der Waals surface area (Å²) in [5.74, 6) is -0.0346. The molecular weight excluding hydrogens is 304 g/mol. The third-order valence-electron chi connectivity index (χ3n) is 5.55. The lowest BCUT2D eigenvalue weighted by molar-refractivity contribution is -0.178. The SMILES string of the molecule is CC(O)c1ccc(CCC2(C3CCCC3)CC(=O)CC(=O)O2)cc1. The molecule has 2 aliphatic rings. The highest BCUT2D eigenvalue weighted by Crippen LogP contribution is 2.43. The van der Waals surface area contributed by atoms with Crippen molar-refractivity contribution in [1.82, 2.24) is 0 Å². The largest absolute Gasteiger partial charge is 0.458 e. The van der Waals surface area contributed by atoms with E-state index in [2.05, 4.69) is 0 Å². The van der Waals surface area contributed by atoms with Crippen molar-refractivity contribution in [2.75, 3.05) is 0 Å². The van der Waals surface area contributed by atoms with Crippen LogP contribution in [0.15, 0.2) is 24.3 Å². The third-order valence-corrected chi connectivity index (χ3v) is 5.55. The number of ether oxygens (including phenoxy) is 1. The summed E-state index contributed by atoms with van der Waals surface area (Å²) >= 11 is 0. The van der Waals surface area contributed by atoms with E-state index in [1.165, 1.54) is 0 Å². The highest BCUT2D eigenvalue weighted by Gasteiger charge is 2.47. The van der Waals surface area contributed by atoms with Crippen molar-refractivity contribution in [2.45, 2.75) is 70.0 Å². The van der Waals surface area contributed by atoms with Crippen molar-refractivity contribution in [3.8, 4) is 0 Å². The molecule has 1 saturated carbocycles. The maximum Gasteiger partial charge on any atom is 0.313 e. The number of aryl methyl sites for hydroxylation is 1. The number of benzene rings is 1. The van der Waals surface area contributed by atoms with Gasteiger partial charge >= 0.3 is 5.97 Å². The minimum Gasteiger partial charge on any atom is -0.458 e. The van der Waals surface area contributed by atoms with E-state index in [1.54, 1.807) is 6.92 Å². The molecule has 130 valence electrons. The van der Waals surface area contributed by atoms with Gasteiger partial charge in [-0.1, -0.05) is 37.1 Å². The number of hydrogen-bond acceptors (Lipinski definition) is 4. The van der Waals surface area contributed by atoms with Crippen LogP contribution in [0, 0.1) is 5.92 Å². The molecule has 1 aromatic rings. The first kappa shape index (κ1) is 17.2. The zero-order valence-electron chi connectivity index (χ0n) is 14.3. The van der Waals surface area contributed by atoms with Gasteiger partial charge in [-0.25, -0.2) is 0 Å². The lowest BCUT2D eigenvalue weighted by Gasteiger charge is -2.41. The minimum absolute atomic E-state index is 0.0163. The Labute approximate surface area is 143 Å². The van der Waals surface area contributed by atoms with Crippen molar-refractivity contribution >= 4 is 11.8 Å². The predicted molar refractivity (Wildman–Crippen MR) is 90.4 cm³/mol. The fourth-order valence-corrected chi connectivity index (χ4v) is 4.20. The summed E-state index contributed by atoms with van der Waals surface area (Å²) in [5, 5.41) is 9.60. The summed E-state index contributed by atoms with van der Waals surface area (Å²) in [6.07, 6.45) is 5.69. The van der Waals surface area contributed by atoms with Crippen molar-refractivity contribution in [1.29, 1.82) is 0 Å². The molecule has 0 amide bonds. The van der Waals surface area contributed by atoms with E-state index in [4.69, 9.17) is 4.74 Å². The average Bonchev–Trinajstić information content (AvgIpc) is 3.07. The lowest BCUT2D eigenvalue weighted by atomic mass is 9.76. The molecule has 1 N–H and O–H groups in total. The van der Waals surface area contributed by atoms with Gasteiger partial charge in [-0.3, -0.25) is 9.59 Å². The van der Waals surface area contributed by atoms with Gasteiger partial charge in [0.15, 0.2) is 0 Å². The van der Waals surface area contributed by atoms with E-state index < -0.39 is 11.7 Å². The van der Waals surface area contributed by atoms with E-state index in [0.29, 0.717) is 18.8 Å². The Kier molecular flexibility index (Phi) is 5.04. The number of hydrogen-bond donors (Lipinski definition) is 1. The molecule has 1 aliphatic heterocycles. The van der Waals surface area contributed by atoms with Gasteiger partial charge in [-0.2, -0.15) is 0 Å². The van der Waals surface area contributed by atoms with Gasteiger partial charge in [-0.15, -0.1) is 0 Å². The van der Waals surface area contributed by atoms with Gasteiger partial charge in [0, 0.05) is 6.42 Å². The van der Waals surface area contributed by atoms with E-state index in [1.807, 2.05) is 24.3 Å². The van der Waals surface area contributed by atoms with Crippen LogP contribution in [0.25, 0.3) is 0 Å². The van der Waals surface area contributed by atoms with E-state index in [9.17, 15) is 14.7 Å². The number of aliphatic hydroxyl groups excluding tert-OH is 1. The minimum atomic E-state index is -0.605. The molecule has 0 aromatic heterocycles. The van der Waals surface area contributed by atoms with Gasteiger partial charge in [0.05, 0.1) is 6.10 Å². The zero-order chi connectivity index (χ0) is 17.2. The Morgan fingerprint density at radius 3 is 2.46 bits per heavy atom. The molecular formula is C20H26O4. The number of aliphatic hydroxyl groups is 1. The van der Waals surface area contributed by atoms with E-state index >= 15 is 0 Å². The topological polar surface area (TPSA) is 63.6 Å². The van der Waals surface area contributed by atoms with Crippen LogP contribution >= 0.6 is 0 Å². The number of carbonyl (C=O) groups excluding carboxylic acids is 2. The molecule has 0 radical (unpaired) electrons. The fourth-order valence-electron chi connectivity index (χ4n) is 4.20. The quantitative estimate of drug-likeness (QED) is 0.663. The van der Waals surface area contributed by atoms with Crippen LogP contribution < -0.4 is 0 Å². The molecule has 24 heavy (non-hydrogen) atoms. The fraction of sp³-hybridized carbons (Fsp3) is 0.600. The molecule has 1 saturated heterocycles. The number of Topliss-reactive ketones (excluding diaryl/α,β-unsaturated/α-hetero) is 1. The summed E-state index contributed by atoms with van der Waals surface area (Å²) in [7, 11) is 0. The van der Waals surface area contributed by atoms with Crippen molar-refractivity contribution in [3.05, 3.63) is 35.4 Å². The van der Waals surface area contributed by atoms with Crippen LogP contribution in [0.4, 0.5) is 0 Å². The third kappa shape index (κ3) is 3.69. The van der Waals surface area contributed by atoms with Gasteiger partial charge in [0.1, 0.15) is 17.8 Å². The van der Waals surface area contributed by atoms with Gasteiger partial charge in [0.2, 0.25) is 0 Å². The molecule has 1 aromatic carbocycles. The van der Waals surface area contributed by atoms with Crippen LogP contribution in [-0.4, -0.2) is 22.5 Å². The van der Waals surface area contributed by atoms with Crippen LogP contribution in [0.5, 0.6) is 0 Å². The first-order chi connectivity index (χ1) is 11.5. The maximum absolute atomic E-state index is 12.0. The Bertz CT molecular complexity index is 581. The maximum atomic E-state index is 12.0. The molecule has 1 aliphatic carbocycles. The van der Waals surface area contributed by atoms with Crippen molar-refractivity contribution < 1.29 is 19.4 Å². The molecule has 2 atom stereocenters. The van der Waals surface area contributed by atoms with Crippen LogP contribution in [0.2, 0.25) is 0 Å². The summed E-state index contributed by atoms with van der Waals surface area (Å²) in [6, 6.07) is 7.88. The lowest BCUT2D eigenvalue weighted by Crippen LogP contribution is -2.48. The number of carbonyl (C=O) groups is 2. The Balaban J connectivity index is 1.74. The van der Waals surface area contributed by atoms with Crippen LogP contribution in [0.3, 0.4) is 0 Å². The summed E-state index contributed by atoms with van der Waals surface area (Å²) in [5.41, 5.74) is 1.43. The molecule has 0 spiro atoms.